The second-order valence-electron chi connectivity index (χ2n) is 3.58. The van der Waals surface area contributed by atoms with Crippen LogP contribution in [0, 0.1) is 0 Å². The van der Waals surface area contributed by atoms with Gasteiger partial charge in [-0.25, -0.2) is 0 Å². The van der Waals surface area contributed by atoms with Gasteiger partial charge in [0.25, 0.3) is 0 Å². The third-order valence-electron chi connectivity index (χ3n) is 2.36. The van der Waals surface area contributed by atoms with Crippen LogP contribution in [0.3, 0.4) is 0 Å². The van der Waals surface area contributed by atoms with E-state index in [2.05, 4.69) is 5.32 Å². The molecule has 3 N–H and O–H groups in total. The summed E-state index contributed by atoms with van der Waals surface area (Å²) < 4.78 is 4.73. The zero-order valence-electron chi connectivity index (χ0n) is 9.69. The summed E-state index contributed by atoms with van der Waals surface area (Å²) in [4.78, 5) is 11.5. The van der Waals surface area contributed by atoms with Crippen LogP contribution in [0.4, 0.5) is 5.69 Å². The number of ether oxygens (including phenoxy) is 1. The lowest BCUT2D eigenvalue weighted by Gasteiger charge is -2.15. The lowest BCUT2D eigenvalue weighted by molar-refractivity contribution is -0.143. The van der Waals surface area contributed by atoms with Crippen LogP contribution in [0.5, 0.6) is 0 Å². The minimum atomic E-state index is -0.293. The highest BCUT2D eigenvalue weighted by Crippen LogP contribution is 2.08. The van der Waals surface area contributed by atoms with Gasteiger partial charge in [0.2, 0.25) is 0 Å². The molecule has 16 heavy (non-hydrogen) atoms. The predicted molar refractivity (Wildman–Crippen MR) is 64.0 cm³/mol. The zero-order valence-corrected chi connectivity index (χ0v) is 9.69. The van der Waals surface area contributed by atoms with Crippen molar-refractivity contribution in [1.82, 2.24) is 5.32 Å². The second kappa shape index (κ2) is 6.12. The Hall–Kier alpha value is -1.55. The van der Waals surface area contributed by atoms with Gasteiger partial charge < -0.3 is 15.8 Å². The molecule has 0 fully saturated rings. The van der Waals surface area contributed by atoms with E-state index in [1.54, 1.807) is 0 Å². The number of anilines is 1. The third-order valence-corrected chi connectivity index (χ3v) is 2.36. The summed E-state index contributed by atoms with van der Waals surface area (Å²) in [6.07, 6.45) is 0.612. The molecule has 0 aromatic heterocycles. The van der Waals surface area contributed by atoms with Crippen LogP contribution in [0.25, 0.3) is 0 Å². The van der Waals surface area contributed by atoms with Gasteiger partial charge in [-0.1, -0.05) is 19.1 Å². The Morgan fingerprint density at radius 1 is 1.44 bits per heavy atom. The Kier molecular flexibility index (Phi) is 4.79. The van der Waals surface area contributed by atoms with Gasteiger partial charge in [0, 0.05) is 5.69 Å². The molecule has 1 atom stereocenters. The Morgan fingerprint density at radius 2 is 2.06 bits per heavy atom. The summed E-state index contributed by atoms with van der Waals surface area (Å²) in [5.41, 5.74) is 7.38. The number of carbonyl (C=O) groups excluding carboxylic acids is 1. The Bertz CT molecular complexity index is 335. The van der Waals surface area contributed by atoms with E-state index >= 15 is 0 Å². The molecular formula is C12H18N2O2. The van der Waals surface area contributed by atoms with Crippen molar-refractivity contribution in [2.45, 2.75) is 19.4 Å². The van der Waals surface area contributed by atoms with Gasteiger partial charge in [0.05, 0.1) is 7.11 Å². The molecule has 1 aromatic rings. The first-order valence-corrected chi connectivity index (χ1v) is 5.33. The number of nitrogen functional groups attached to an aromatic ring is 1. The van der Waals surface area contributed by atoms with Gasteiger partial charge in [0.1, 0.15) is 6.04 Å². The van der Waals surface area contributed by atoms with Crippen molar-refractivity contribution in [3.63, 3.8) is 0 Å². The van der Waals surface area contributed by atoms with Gasteiger partial charge in [-0.3, -0.25) is 4.79 Å². The molecule has 0 aliphatic rings. The lowest BCUT2D eigenvalue weighted by Crippen LogP contribution is -2.39. The maximum absolute atomic E-state index is 11.5. The average molecular weight is 222 g/mol. The zero-order chi connectivity index (χ0) is 12.0. The Morgan fingerprint density at radius 3 is 2.56 bits per heavy atom. The van der Waals surface area contributed by atoms with E-state index in [4.69, 9.17) is 10.5 Å². The van der Waals surface area contributed by atoms with Crippen LogP contribution in [0.2, 0.25) is 0 Å². The van der Waals surface area contributed by atoms with E-state index < -0.39 is 0 Å². The summed E-state index contributed by atoms with van der Waals surface area (Å²) in [5.74, 6) is -0.237. The largest absolute Gasteiger partial charge is 0.468 e. The highest BCUT2D eigenvalue weighted by Gasteiger charge is 2.17. The topological polar surface area (TPSA) is 64.3 Å². The van der Waals surface area contributed by atoms with Crippen LogP contribution >= 0.6 is 0 Å². The molecule has 0 aliphatic heterocycles. The van der Waals surface area contributed by atoms with Gasteiger partial charge in [0.15, 0.2) is 0 Å². The summed E-state index contributed by atoms with van der Waals surface area (Å²) in [5, 5.41) is 3.09. The molecule has 0 bridgehead atoms. The fourth-order valence-corrected chi connectivity index (χ4v) is 1.52. The molecule has 1 rings (SSSR count). The van der Waals surface area contributed by atoms with E-state index in [1.807, 2.05) is 31.2 Å². The maximum Gasteiger partial charge on any atom is 0.323 e. The molecule has 4 nitrogen and oxygen atoms in total. The fraction of sp³-hybridized carbons (Fsp3) is 0.417. The number of rotatable bonds is 5. The molecule has 1 unspecified atom stereocenters. The Labute approximate surface area is 95.8 Å². The monoisotopic (exact) mass is 222 g/mol. The number of hydrogen-bond donors (Lipinski definition) is 2. The molecule has 0 spiro atoms. The van der Waals surface area contributed by atoms with Gasteiger partial charge in [-0.2, -0.15) is 0 Å². The van der Waals surface area contributed by atoms with Crippen LogP contribution in [0.15, 0.2) is 24.3 Å². The predicted octanol–water partition coefficient (Wildman–Crippen LogP) is 0.962. The number of nitrogens with two attached hydrogens (primary N) is 1. The number of esters is 1. The first kappa shape index (κ1) is 12.5. The first-order chi connectivity index (χ1) is 7.67. The lowest BCUT2D eigenvalue weighted by atomic mass is 10.1. The van der Waals surface area contributed by atoms with Crippen LogP contribution in [-0.4, -0.2) is 25.7 Å². The SMILES string of the molecule is CCNC(Cc1ccc(N)cc1)C(=O)OC. The highest BCUT2D eigenvalue weighted by atomic mass is 16.5. The van der Waals surface area contributed by atoms with Gasteiger partial charge >= 0.3 is 5.97 Å². The normalized spacial score (nSPS) is 12.1. The highest BCUT2D eigenvalue weighted by molar-refractivity contribution is 5.76. The van der Waals surface area contributed by atoms with Crippen LogP contribution in [0.1, 0.15) is 12.5 Å². The number of benzene rings is 1. The van der Waals surface area contributed by atoms with E-state index in [0.717, 1.165) is 17.8 Å². The molecule has 0 saturated heterocycles. The number of hydrogen-bond acceptors (Lipinski definition) is 4. The molecule has 0 amide bonds. The first-order valence-electron chi connectivity index (χ1n) is 5.33. The van der Waals surface area contributed by atoms with E-state index in [9.17, 15) is 4.79 Å². The molecule has 0 aliphatic carbocycles. The summed E-state index contributed by atoms with van der Waals surface area (Å²) in [6, 6.07) is 7.20. The minimum absolute atomic E-state index is 0.237. The summed E-state index contributed by atoms with van der Waals surface area (Å²) in [7, 11) is 1.40. The number of likely N-dealkylation sites (N-methyl/N-ethyl adjacent to an activating group) is 1. The molecule has 88 valence electrons. The van der Waals surface area contributed by atoms with Crippen LogP contribution < -0.4 is 11.1 Å². The summed E-state index contributed by atoms with van der Waals surface area (Å²) >= 11 is 0. The van der Waals surface area contributed by atoms with Crippen molar-refractivity contribution in [2.75, 3.05) is 19.4 Å². The van der Waals surface area contributed by atoms with Crippen molar-refractivity contribution in [1.29, 1.82) is 0 Å². The Balaban J connectivity index is 2.67. The molecule has 0 saturated carbocycles. The molecule has 0 heterocycles. The number of nitrogens with one attached hydrogen (secondary N) is 1. The van der Waals surface area contributed by atoms with E-state index in [0.29, 0.717) is 6.42 Å². The standard InChI is InChI=1S/C12H18N2O2/c1-3-14-11(12(15)16-2)8-9-4-6-10(13)7-5-9/h4-7,11,14H,3,8,13H2,1-2H3. The number of methoxy groups -OCH3 is 1. The van der Waals surface area contributed by atoms with Gasteiger partial charge in [-0.15, -0.1) is 0 Å². The van der Waals surface area contributed by atoms with Crippen molar-refractivity contribution >= 4 is 11.7 Å². The quantitative estimate of drug-likeness (QED) is 0.575. The smallest absolute Gasteiger partial charge is 0.323 e. The third kappa shape index (κ3) is 3.55. The molecular weight excluding hydrogens is 204 g/mol. The minimum Gasteiger partial charge on any atom is -0.468 e. The molecule has 1 aromatic carbocycles. The molecule has 4 heteroatoms. The van der Waals surface area contributed by atoms with Crippen molar-refractivity contribution < 1.29 is 9.53 Å². The van der Waals surface area contributed by atoms with Crippen molar-refractivity contribution in [2.24, 2.45) is 0 Å². The van der Waals surface area contributed by atoms with Crippen molar-refractivity contribution in [3.8, 4) is 0 Å². The fourth-order valence-electron chi connectivity index (χ4n) is 1.52. The van der Waals surface area contributed by atoms with E-state index in [1.165, 1.54) is 7.11 Å². The second-order valence-corrected chi connectivity index (χ2v) is 3.58. The van der Waals surface area contributed by atoms with Gasteiger partial charge in [-0.05, 0) is 30.7 Å². The number of carbonyl (C=O) groups is 1. The van der Waals surface area contributed by atoms with Crippen LogP contribution in [-0.2, 0) is 16.0 Å². The maximum atomic E-state index is 11.5. The van der Waals surface area contributed by atoms with E-state index in [-0.39, 0.29) is 12.0 Å². The summed E-state index contributed by atoms with van der Waals surface area (Å²) in [6.45, 7) is 2.69. The average Bonchev–Trinajstić information content (AvgIpc) is 2.30. The molecule has 0 radical (unpaired) electrons. The van der Waals surface area contributed by atoms with Crippen molar-refractivity contribution in [3.05, 3.63) is 29.8 Å².